The van der Waals surface area contributed by atoms with Crippen molar-refractivity contribution in [2.75, 3.05) is 7.05 Å². The topological polar surface area (TPSA) is 21.3 Å². The van der Waals surface area contributed by atoms with Crippen LogP contribution in [-0.2, 0) is 0 Å². The number of fused-ring (bicyclic) bond motifs is 1. The van der Waals surface area contributed by atoms with Crippen LogP contribution in [0.15, 0.2) is 22.7 Å². The van der Waals surface area contributed by atoms with Crippen LogP contribution < -0.4 is 10.1 Å². The maximum absolute atomic E-state index is 5.81. The third kappa shape index (κ3) is 1.66. The van der Waals surface area contributed by atoms with Crippen molar-refractivity contribution in [1.29, 1.82) is 0 Å². The maximum atomic E-state index is 5.81. The van der Waals surface area contributed by atoms with Crippen molar-refractivity contribution in [1.82, 2.24) is 5.32 Å². The fraction of sp³-hybridized carbons (Fsp3) is 0.455. The molecule has 2 atom stereocenters. The van der Waals surface area contributed by atoms with Crippen LogP contribution in [0.3, 0.4) is 0 Å². The second kappa shape index (κ2) is 3.91. The zero-order valence-corrected chi connectivity index (χ0v) is 9.97. The number of hydrogen-bond donors (Lipinski definition) is 1. The number of benzene rings is 1. The molecule has 3 heteroatoms. The van der Waals surface area contributed by atoms with Gasteiger partial charge in [-0.25, -0.2) is 0 Å². The van der Waals surface area contributed by atoms with Gasteiger partial charge in [0.05, 0.1) is 10.6 Å². The van der Waals surface area contributed by atoms with Gasteiger partial charge in [-0.1, -0.05) is 12.1 Å². The molecule has 1 aromatic carbocycles. The Hall–Kier alpha value is -0.540. The van der Waals surface area contributed by atoms with Gasteiger partial charge in [-0.2, -0.15) is 0 Å². The zero-order chi connectivity index (χ0) is 10.1. The summed E-state index contributed by atoms with van der Waals surface area (Å²) >= 11 is 3.51. The highest BCUT2D eigenvalue weighted by Crippen LogP contribution is 2.39. The van der Waals surface area contributed by atoms with Crippen LogP contribution in [0.1, 0.15) is 24.9 Å². The predicted octanol–water partition coefficient (Wildman–Crippen LogP) is 2.88. The lowest BCUT2D eigenvalue weighted by Gasteiger charge is -2.30. The Morgan fingerprint density at radius 3 is 3.00 bits per heavy atom. The van der Waals surface area contributed by atoms with Crippen LogP contribution in [0.2, 0.25) is 0 Å². The summed E-state index contributed by atoms with van der Waals surface area (Å²) in [6.07, 6.45) is 1.30. The predicted molar refractivity (Wildman–Crippen MR) is 60.6 cm³/mol. The summed E-state index contributed by atoms with van der Waals surface area (Å²) < 4.78 is 6.85. The summed E-state index contributed by atoms with van der Waals surface area (Å²) in [7, 11) is 1.99. The number of ether oxygens (including phenoxy) is 1. The quantitative estimate of drug-likeness (QED) is 0.834. The molecule has 0 amide bonds. The normalized spacial score (nSPS) is 25.4. The number of para-hydroxylation sites is 1. The van der Waals surface area contributed by atoms with Gasteiger partial charge >= 0.3 is 0 Å². The molecule has 14 heavy (non-hydrogen) atoms. The molecule has 1 aliphatic heterocycles. The first-order valence-electron chi connectivity index (χ1n) is 4.84. The second-order valence-corrected chi connectivity index (χ2v) is 4.52. The van der Waals surface area contributed by atoms with Gasteiger partial charge in [-0.15, -0.1) is 0 Å². The second-order valence-electron chi connectivity index (χ2n) is 3.66. The number of halogens is 1. The Balaban J connectivity index is 2.45. The molecule has 0 spiro atoms. The Morgan fingerprint density at radius 1 is 1.50 bits per heavy atom. The van der Waals surface area contributed by atoms with Gasteiger partial charge in [0, 0.05) is 18.0 Å². The van der Waals surface area contributed by atoms with Crippen molar-refractivity contribution < 1.29 is 4.74 Å². The Morgan fingerprint density at radius 2 is 2.29 bits per heavy atom. The molecule has 0 aliphatic carbocycles. The van der Waals surface area contributed by atoms with Gasteiger partial charge in [-0.3, -0.25) is 0 Å². The van der Waals surface area contributed by atoms with Crippen LogP contribution in [0, 0.1) is 0 Å². The number of nitrogens with one attached hydrogen (secondary N) is 1. The van der Waals surface area contributed by atoms with E-state index in [4.69, 9.17) is 4.74 Å². The molecule has 0 aromatic heterocycles. The van der Waals surface area contributed by atoms with E-state index in [0.717, 1.165) is 16.6 Å². The van der Waals surface area contributed by atoms with E-state index in [1.165, 1.54) is 5.56 Å². The Kier molecular flexibility index (Phi) is 2.79. The molecule has 0 fully saturated rings. The highest BCUT2D eigenvalue weighted by Gasteiger charge is 2.25. The molecule has 2 rings (SSSR count). The van der Waals surface area contributed by atoms with Gasteiger partial charge < -0.3 is 10.1 Å². The molecule has 76 valence electrons. The van der Waals surface area contributed by atoms with E-state index < -0.39 is 0 Å². The maximum Gasteiger partial charge on any atom is 0.138 e. The van der Waals surface area contributed by atoms with Crippen molar-refractivity contribution in [3.63, 3.8) is 0 Å². The van der Waals surface area contributed by atoms with E-state index in [2.05, 4.69) is 34.2 Å². The summed E-state index contributed by atoms with van der Waals surface area (Å²) in [6.45, 7) is 2.10. The SMILES string of the molecule is CNC1CC(C)Oc2c(Br)cccc21. The molecular formula is C11H14BrNO. The van der Waals surface area contributed by atoms with E-state index in [1.54, 1.807) is 0 Å². The van der Waals surface area contributed by atoms with Gasteiger partial charge in [-0.05, 0) is 36.0 Å². The summed E-state index contributed by atoms with van der Waals surface area (Å²) in [4.78, 5) is 0. The minimum absolute atomic E-state index is 0.277. The monoisotopic (exact) mass is 255 g/mol. The summed E-state index contributed by atoms with van der Waals surface area (Å²) in [5.74, 6) is 0.991. The molecule has 0 bridgehead atoms. The van der Waals surface area contributed by atoms with Crippen molar-refractivity contribution >= 4 is 15.9 Å². The molecule has 0 saturated heterocycles. The average molecular weight is 256 g/mol. The van der Waals surface area contributed by atoms with Crippen LogP contribution in [0.25, 0.3) is 0 Å². The largest absolute Gasteiger partial charge is 0.489 e. The zero-order valence-electron chi connectivity index (χ0n) is 8.38. The molecule has 2 nitrogen and oxygen atoms in total. The van der Waals surface area contributed by atoms with Crippen molar-refractivity contribution in [2.45, 2.75) is 25.5 Å². The van der Waals surface area contributed by atoms with Crippen molar-refractivity contribution in [2.24, 2.45) is 0 Å². The van der Waals surface area contributed by atoms with E-state index in [0.29, 0.717) is 6.04 Å². The molecule has 2 unspecified atom stereocenters. The van der Waals surface area contributed by atoms with Gasteiger partial charge in [0.15, 0.2) is 0 Å². The van der Waals surface area contributed by atoms with Crippen LogP contribution in [0.4, 0.5) is 0 Å². The molecule has 1 aliphatic rings. The first-order valence-corrected chi connectivity index (χ1v) is 5.64. The van der Waals surface area contributed by atoms with Crippen molar-refractivity contribution in [3.8, 4) is 5.75 Å². The van der Waals surface area contributed by atoms with Crippen molar-refractivity contribution in [3.05, 3.63) is 28.2 Å². The minimum atomic E-state index is 0.277. The highest BCUT2D eigenvalue weighted by molar-refractivity contribution is 9.10. The Bertz CT molecular complexity index is 340. The molecule has 0 saturated carbocycles. The molecule has 0 radical (unpaired) electrons. The highest BCUT2D eigenvalue weighted by atomic mass is 79.9. The molecular weight excluding hydrogens is 242 g/mol. The fourth-order valence-corrected chi connectivity index (χ4v) is 2.38. The van der Waals surface area contributed by atoms with Crippen LogP contribution in [0.5, 0.6) is 5.75 Å². The van der Waals surface area contributed by atoms with Gasteiger partial charge in [0.2, 0.25) is 0 Å². The van der Waals surface area contributed by atoms with E-state index in [-0.39, 0.29) is 6.10 Å². The van der Waals surface area contributed by atoms with Gasteiger partial charge in [0.25, 0.3) is 0 Å². The lowest BCUT2D eigenvalue weighted by Crippen LogP contribution is -2.29. The first kappa shape index (κ1) is 9.99. The summed E-state index contributed by atoms with van der Waals surface area (Å²) in [5, 5.41) is 3.32. The summed E-state index contributed by atoms with van der Waals surface area (Å²) in [6, 6.07) is 6.59. The van der Waals surface area contributed by atoms with E-state index in [1.807, 2.05) is 19.2 Å². The summed E-state index contributed by atoms with van der Waals surface area (Å²) in [5.41, 5.74) is 1.25. The molecule has 1 aromatic rings. The smallest absolute Gasteiger partial charge is 0.138 e. The van der Waals surface area contributed by atoms with Crippen LogP contribution >= 0.6 is 15.9 Å². The fourth-order valence-electron chi connectivity index (χ4n) is 1.91. The standard InChI is InChI=1S/C11H14BrNO/c1-7-6-10(13-2)8-4-3-5-9(12)11(8)14-7/h3-5,7,10,13H,6H2,1-2H3. The lowest BCUT2D eigenvalue weighted by atomic mass is 9.97. The molecule has 1 N–H and O–H groups in total. The van der Waals surface area contributed by atoms with Crippen LogP contribution in [-0.4, -0.2) is 13.2 Å². The third-order valence-electron chi connectivity index (χ3n) is 2.61. The van der Waals surface area contributed by atoms with Gasteiger partial charge in [0.1, 0.15) is 5.75 Å². The lowest BCUT2D eigenvalue weighted by molar-refractivity contribution is 0.168. The third-order valence-corrected chi connectivity index (χ3v) is 3.23. The van der Waals surface area contributed by atoms with E-state index in [9.17, 15) is 0 Å². The number of hydrogen-bond acceptors (Lipinski definition) is 2. The minimum Gasteiger partial charge on any atom is -0.489 e. The van der Waals surface area contributed by atoms with E-state index >= 15 is 0 Å². The average Bonchev–Trinajstić information content (AvgIpc) is 2.18. The first-order chi connectivity index (χ1) is 6.72. The Labute approximate surface area is 92.8 Å². The molecule has 1 heterocycles. The number of rotatable bonds is 1.